The average Bonchev–Trinajstić information content (AvgIpc) is 2.85. The minimum atomic E-state index is -0.196. The summed E-state index contributed by atoms with van der Waals surface area (Å²) in [5.74, 6) is 2.44. The van der Waals surface area contributed by atoms with E-state index in [1.807, 2.05) is 54.6 Å². The van der Waals surface area contributed by atoms with Gasteiger partial charge in [-0.2, -0.15) is 0 Å². The molecule has 32 heavy (non-hydrogen) atoms. The van der Waals surface area contributed by atoms with Crippen molar-refractivity contribution in [1.29, 1.82) is 0 Å². The van der Waals surface area contributed by atoms with Crippen LogP contribution in [0.25, 0.3) is 0 Å². The van der Waals surface area contributed by atoms with Crippen molar-refractivity contribution < 1.29 is 19.0 Å². The van der Waals surface area contributed by atoms with Gasteiger partial charge in [0, 0.05) is 11.3 Å². The van der Waals surface area contributed by atoms with Crippen molar-refractivity contribution in [2.45, 2.75) is 6.61 Å². The van der Waals surface area contributed by atoms with E-state index in [2.05, 4.69) is 5.32 Å². The van der Waals surface area contributed by atoms with E-state index in [0.717, 1.165) is 5.56 Å². The highest BCUT2D eigenvalue weighted by Gasteiger charge is 2.08. The molecule has 1 N–H and O–H groups in total. The fourth-order valence-electron chi connectivity index (χ4n) is 3.08. The number of carbonyl (C=O) groups is 1. The molecule has 5 nitrogen and oxygen atoms in total. The van der Waals surface area contributed by atoms with Crippen LogP contribution in [0.2, 0.25) is 0 Å². The molecule has 0 saturated carbocycles. The first kappa shape index (κ1) is 21.0. The molecule has 0 saturated heterocycles. The number of benzene rings is 4. The van der Waals surface area contributed by atoms with Crippen LogP contribution in [0.1, 0.15) is 15.9 Å². The van der Waals surface area contributed by atoms with Crippen molar-refractivity contribution in [2.75, 3.05) is 12.4 Å². The van der Waals surface area contributed by atoms with Crippen LogP contribution in [0.15, 0.2) is 103 Å². The average molecular weight is 425 g/mol. The van der Waals surface area contributed by atoms with Gasteiger partial charge in [-0.1, -0.05) is 42.5 Å². The van der Waals surface area contributed by atoms with E-state index in [9.17, 15) is 4.79 Å². The van der Waals surface area contributed by atoms with Crippen molar-refractivity contribution in [3.05, 3.63) is 114 Å². The van der Waals surface area contributed by atoms with Crippen molar-refractivity contribution in [3.63, 3.8) is 0 Å². The van der Waals surface area contributed by atoms with Gasteiger partial charge < -0.3 is 19.5 Å². The Morgan fingerprint density at radius 1 is 0.719 bits per heavy atom. The molecule has 0 fully saturated rings. The number of ether oxygens (including phenoxy) is 3. The molecule has 0 aliphatic heterocycles. The Balaban J connectivity index is 1.33. The highest BCUT2D eigenvalue weighted by Crippen LogP contribution is 2.31. The van der Waals surface area contributed by atoms with Crippen molar-refractivity contribution >= 4 is 11.6 Å². The van der Waals surface area contributed by atoms with Crippen molar-refractivity contribution in [2.24, 2.45) is 0 Å². The van der Waals surface area contributed by atoms with E-state index >= 15 is 0 Å². The summed E-state index contributed by atoms with van der Waals surface area (Å²) in [5.41, 5.74) is 2.31. The second-order valence-electron chi connectivity index (χ2n) is 7.03. The summed E-state index contributed by atoms with van der Waals surface area (Å²) in [6, 6.07) is 31.6. The molecule has 0 aliphatic rings. The summed E-state index contributed by atoms with van der Waals surface area (Å²) >= 11 is 0. The molecule has 4 rings (SSSR count). The van der Waals surface area contributed by atoms with Crippen molar-refractivity contribution in [1.82, 2.24) is 0 Å². The van der Waals surface area contributed by atoms with Crippen LogP contribution in [0, 0.1) is 0 Å². The highest BCUT2D eigenvalue weighted by molar-refractivity contribution is 6.04. The van der Waals surface area contributed by atoms with Crippen LogP contribution < -0.4 is 19.5 Å². The lowest BCUT2D eigenvalue weighted by atomic mass is 10.2. The molecule has 0 aromatic heterocycles. The predicted molar refractivity (Wildman–Crippen MR) is 125 cm³/mol. The molecular weight excluding hydrogens is 402 g/mol. The van der Waals surface area contributed by atoms with Crippen LogP contribution in [-0.4, -0.2) is 13.0 Å². The number of methoxy groups -OCH3 is 1. The van der Waals surface area contributed by atoms with Gasteiger partial charge in [-0.05, 0) is 66.2 Å². The van der Waals surface area contributed by atoms with Gasteiger partial charge in [-0.25, -0.2) is 0 Å². The smallest absolute Gasteiger partial charge is 0.255 e. The number of hydrogen-bond donors (Lipinski definition) is 1. The maximum atomic E-state index is 12.6. The molecule has 0 heterocycles. The number of amides is 1. The summed E-state index contributed by atoms with van der Waals surface area (Å²) < 4.78 is 16.9. The number of carbonyl (C=O) groups excluding carboxylic acids is 1. The lowest BCUT2D eigenvalue weighted by Crippen LogP contribution is -2.11. The first-order valence-corrected chi connectivity index (χ1v) is 10.2. The number of anilines is 1. The normalized spacial score (nSPS) is 10.3. The molecule has 0 atom stereocenters. The molecule has 0 spiro atoms. The minimum Gasteiger partial charge on any atom is -0.493 e. The van der Waals surface area contributed by atoms with Gasteiger partial charge in [0.05, 0.1) is 7.11 Å². The Bertz CT molecular complexity index is 1160. The highest BCUT2D eigenvalue weighted by atomic mass is 16.5. The second-order valence-corrected chi connectivity index (χ2v) is 7.03. The van der Waals surface area contributed by atoms with E-state index in [0.29, 0.717) is 40.9 Å². The molecule has 0 aliphatic carbocycles. The maximum Gasteiger partial charge on any atom is 0.255 e. The summed E-state index contributed by atoms with van der Waals surface area (Å²) in [4.78, 5) is 12.6. The van der Waals surface area contributed by atoms with E-state index in [1.54, 1.807) is 55.6 Å². The standard InChI is InChI=1S/C27H23NO4/c1-30-25-9-5-6-10-26(25)32-24-17-13-22(14-18-24)28-27(29)21-11-15-23(16-12-21)31-19-20-7-3-2-4-8-20/h2-18H,19H2,1H3,(H,28,29). The SMILES string of the molecule is COc1ccccc1Oc1ccc(NC(=O)c2ccc(OCc3ccccc3)cc2)cc1. The van der Waals surface area contributed by atoms with Crippen molar-refractivity contribution in [3.8, 4) is 23.0 Å². The third kappa shape index (κ3) is 5.46. The van der Waals surface area contributed by atoms with Gasteiger partial charge in [0.1, 0.15) is 18.1 Å². The molecule has 1 amide bonds. The molecule has 0 radical (unpaired) electrons. The Morgan fingerprint density at radius 3 is 2.03 bits per heavy atom. The fourth-order valence-corrected chi connectivity index (χ4v) is 3.08. The first-order valence-electron chi connectivity index (χ1n) is 10.2. The Hall–Kier alpha value is -4.25. The van der Waals surface area contributed by atoms with Gasteiger partial charge in [0.15, 0.2) is 11.5 Å². The van der Waals surface area contributed by atoms with Gasteiger partial charge >= 0.3 is 0 Å². The first-order chi connectivity index (χ1) is 15.7. The van der Waals surface area contributed by atoms with Crippen LogP contribution in [0.4, 0.5) is 5.69 Å². The summed E-state index contributed by atoms with van der Waals surface area (Å²) in [6.45, 7) is 0.482. The molecule has 160 valence electrons. The third-order valence-corrected chi connectivity index (χ3v) is 4.77. The summed E-state index contributed by atoms with van der Waals surface area (Å²) in [7, 11) is 1.60. The zero-order chi connectivity index (χ0) is 22.2. The molecule has 0 bridgehead atoms. The maximum absolute atomic E-state index is 12.6. The number of para-hydroxylation sites is 2. The Morgan fingerprint density at radius 2 is 1.34 bits per heavy atom. The Kier molecular flexibility index (Phi) is 6.68. The monoisotopic (exact) mass is 425 g/mol. The van der Waals surface area contributed by atoms with Gasteiger partial charge in [-0.15, -0.1) is 0 Å². The van der Waals surface area contributed by atoms with E-state index in [4.69, 9.17) is 14.2 Å². The summed E-state index contributed by atoms with van der Waals surface area (Å²) in [6.07, 6.45) is 0. The number of hydrogen-bond acceptors (Lipinski definition) is 4. The topological polar surface area (TPSA) is 56.8 Å². The van der Waals surface area contributed by atoms with Crippen LogP contribution in [0.3, 0.4) is 0 Å². The molecule has 5 heteroatoms. The zero-order valence-electron chi connectivity index (χ0n) is 17.7. The molecule has 4 aromatic carbocycles. The number of nitrogens with one attached hydrogen (secondary N) is 1. The van der Waals surface area contributed by atoms with Gasteiger partial charge in [0.25, 0.3) is 5.91 Å². The van der Waals surface area contributed by atoms with Crippen LogP contribution in [-0.2, 0) is 6.61 Å². The second kappa shape index (κ2) is 10.2. The van der Waals surface area contributed by atoms with Gasteiger partial charge in [-0.3, -0.25) is 4.79 Å². The quantitative estimate of drug-likeness (QED) is 0.359. The lowest BCUT2D eigenvalue weighted by molar-refractivity contribution is 0.102. The Labute approximate surface area is 187 Å². The molecular formula is C27H23NO4. The third-order valence-electron chi connectivity index (χ3n) is 4.77. The van der Waals surface area contributed by atoms with Crippen LogP contribution in [0.5, 0.6) is 23.0 Å². The lowest BCUT2D eigenvalue weighted by Gasteiger charge is -2.11. The van der Waals surface area contributed by atoms with E-state index in [1.165, 1.54) is 0 Å². The number of rotatable bonds is 8. The zero-order valence-corrected chi connectivity index (χ0v) is 17.7. The molecule has 0 unspecified atom stereocenters. The predicted octanol–water partition coefficient (Wildman–Crippen LogP) is 6.32. The largest absolute Gasteiger partial charge is 0.493 e. The van der Waals surface area contributed by atoms with E-state index < -0.39 is 0 Å². The van der Waals surface area contributed by atoms with E-state index in [-0.39, 0.29) is 5.91 Å². The summed E-state index contributed by atoms with van der Waals surface area (Å²) in [5, 5.41) is 2.89. The van der Waals surface area contributed by atoms with Crippen LogP contribution >= 0.6 is 0 Å². The van der Waals surface area contributed by atoms with Gasteiger partial charge in [0.2, 0.25) is 0 Å². The fraction of sp³-hybridized carbons (Fsp3) is 0.0741. The molecule has 4 aromatic rings. The minimum absolute atomic E-state index is 0.196.